The van der Waals surface area contributed by atoms with Crippen LogP contribution in [0.25, 0.3) is 0 Å². The molecule has 0 spiro atoms. The smallest absolute Gasteiger partial charge is 0.306 e. The van der Waals surface area contributed by atoms with Crippen LogP contribution in [0, 0.1) is 0 Å². The SMILES string of the molecule is CC/C=C\C/C=C\C/C=C\C/C=C\C/C=C\C/C=C\C/C=C\C/C=C\CCCCCCCCCCCCCCC(=O)OC(COC(=O)CCCCCCCCCC/C=C\C/C=C\C/C=C\C/C=C\C/C=C\C/C=C\CC)COC(OCC[N+](C)(C)C)C(=O)[O-]. The molecule has 0 aliphatic heterocycles. The Kier molecular flexibility index (Phi) is 64.4. The first kappa shape index (κ1) is 83.7. The molecular formula is C80H129NO8. The van der Waals surface area contributed by atoms with E-state index in [9.17, 15) is 19.5 Å². The predicted molar refractivity (Wildman–Crippen MR) is 379 cm³/mol. The summed E-state index contributed by atoms with van der Waals surface area (Å²) in [5.41, 5.74) is 0. The molecule has 0 aromatic heterocycles. The van der Waals surface area contributed by atoms with Crippen LogP contribution < -0.4 is 5.11 Å². The lowest BCUT2D eigenvalue weighted by molar-refractivity contribution is -0.870. The van der Waals surface area contributed by atoms with Crippen molar-refractivity contribution < 1.29 is 42.9 Å². The third-order valence-corrected chi connectivity index (χ3v) is 14.5. The van der Waals surface area contributed by atoms with Gasteiger partial charge in [-0.15, -0.1) is 0 Å². The van der Waals surface area contributed by atoms with Crippen molar-refractivity contribution in [2.75, 3.05) is 47.5 Å². The molecule has 2 atom stereocenters. The number of carboxylic acid groups (broad SMARTS) is 1. The van der Waals surface area contributed by atoms with Crippen LogP contribution in [0.2, 0.25) is 0 Å². The molecule has 0 amide bonds. The fourth-order valence-corrected chi connectivity index (χ4v) is 9.14. The number of allylic oxidation sites excluding steroid dienone is 28. The first-order chi connectivity index (χ1) is 43.6. The van der Waals surface area contributed by atoms with Crippen molar-refractivity contribution in [1.82, 2.24) is 0 Å². The second-order valence-electron chi connectivity index (χ2n) is 24.1. The van der Waals surface area contributed by atoms with Gasteiger partial charge in [-0.2, -0.15) is 0 Å². The lowest BCUT2D eigenvalue weighted by atomic mass is 10.0. The summed E-state index contributed by atoms with van der Waals surface area (Å²) in [5, 5.41) is 11.8. The molecule has 9 heteroatoms. The van der Waals surface area contributed by atoms with E-state index in [0.29, 0.717) is 17.4 Å². The Hall–Kier alpha value is -5.35. The zero-order valence-corrected chi connectivity index (χ0v) is 57.2. The van der Waals surface area contributed by atoms with Crippen molar-refractivity contribution in [2.24, 2.45) is 0 Å². The van der Waals surface area contributed by atoms with Gasteiger partial charge in [0, 0.05) is 12.8 Å². The van der Waals surface area contributed by atoms with E-state index < -0.39 is 24.3 Å². The molecule has 89 heavy (non-hydrogen) atoms. The molecule has 0 aromatic rings. The summed E-state index contributed by atoms with van der Waals surface area (Å²) in [6.45, 7) is 4.50. The van der Waals surface area contributed by atoms with Crippen LogP contribution >= 0.6 is 0 Å². The number of nitrogens with zero attached hydrogens (tertiary/aromatic N) is 1. The second kappa shape index (κ2) is 68.6. The molecule has 0 saturated heterocycles. The van der Waals surface area contributed by atoms with E-state index in [1.807, 2.05) is 21.1 Å². The van der Waals surface area contributed by atoms with E-state index in [4.69, 9.17) is 18.9 Å². The van der Waals surface area contributed by atoms with Crippen LogP contribution in [-0.4, -0.2) is 82.3 Å². The van der Waals surface area contributed by atoms with Crippen molar-refractivity contribution in [3.63, 3.8) is 0 Å². The number of carbonyl (C=O) groups excluding carboxylic acids is 3. The fraction of sp³-hybridized carbons (Fsp3) is 0.613. The molecule has 0 aliphatic rings. The second-order valence-corrected chi connectivity index (χ2v) is 24.1. The predicted octanol–water partition coefficient (Wildman–Crippen LogP) is 20.9. The number of quaternary nitrogens is 1. The highest BCUT2D eigenvalue weighted by Crippen LogP contribution is 2.16. The monoisotopic (exact) mass is 1230 g/mol. The average Bonchev–Trinajstić information content (AvgIpc) is 3.70. The molecule has 9 nitrogen and oxygen atoms in total. The Labute approximate surface area is 546 Å². The number of likely N-dealkylation sites (N-methyl/N-ethyl adjacent to an activating group) is 1. The molecule has 0 aliphatic carbocycles. The Morgan fingerprint density at radius 3 is 0.899 bits per heavy atom. The fourth-order valence-electron chi connectivity index (χ4n) is 9.14. The number of unbranched alkanes of at least 4 members (excludes halogenated alkanes) is 20. The maximum Gasteiger partial charge on any atom is 0.306 e. The van der Waals surface area contributed by atoms with Gasteiger partial charge < -0.3 is 33.3 Å². The normalized spacial score (nSPS) is 13.8. The highest BCUT2D eigenvalue weighted by atomic mass is 16.7. The lowest BCUT2D eigenvalue weighted by Gasteiger charge is -2.26. The maximum absolute atomic E-state index is 12.9. The van der Waals surface area contributed by atoms with E-state index in [-0.39, 0.29) is 38.6 Å². The summed E-state index contributed by atoms with van der Waals surface area (Å²) >= 11 is 0. The molecule has 0 saturated carbocycles. The van der Waals surface area contributed by atoms with Crippen LogP contribution in [0.15, 0.2) is 170 Å². The van der Waals surface area contributed by atoms with Crippen LogP contribution in [0.3, 0.4) is 0 Å². The van der Waals surface area contributed by atoms with Crippen molar-refractivity contribution in [3.8, 4) is 0 Å². The summed E-state index contributed by atoms with van der Waals surface area (Å²) in [5.74, 6) is -2.31. The summed E-state index contributed by atoms with van der Waals surface area (Å²) < 4.78 is 22.8. The average molecular weight is 1230 g/mol. The molecule has 0 N–H and O–H groups in total. The zero-order chi connectivity index (χ0) is 64.7. The van der Waals surface area contributed by atoms with Crippen LogP contribution in [0.5, 0.6) is 0 Å². The number of ether oxygens (including phenoxy) is 4. The third-order valence-electron chi connectivity index (χ3n) is 14.5. The first-order valence-corrected chi connectivity index (χ1v) is 35.3. The van der Waals surface area contributed by atoms with Gasteiger partial charge in [0.25, 0.3) is 0 Å². The van der Waals surface area contributed by atoms with Gasteiger partial charge in [-0.1, -0.05) is 287 Å². The van der Waals surface area contributed by atoms with Crippen molar-refractivity contribution in [3.05, 3.63) is 170 Å². The Bertz CT molecular complexity index is 2070. The minimum Gasteiger partial charge on any atom is -0.545 e. The zero-order valence-electron chi connectivity index (χ0n) is 57.2. The maximum atomic E-state index is 12.9. The van der Waals surface area contributed by atoms with E-state index in [1.54, 1.807) is 0 Å². The van der Waals surface area contributed by atoms with Gasteiger partial charge in [0.2, 0.25) is 0 Å². The number of rotatable bonds is 63. The minimum atomic E-state index is -1.64. The molecule has 502 valence electrons. The van der Waals surface area contributed by atoms with Gasteiger partial charge >= 0.3 is 11.9 Å². The topological polar surface area (TPSA) is 111 Å². The highest BCUT2D eigenvalue weighted by molar-refractivity contribution is 5.70. The molecule has 0 aromatic carbocycles. The molecule has 0 heterocycles. The summed E-state index contributed by atoms with van der Waals surface area (Å²) in [6, 6.07) is 0. The third kappa shape index (κ3) is 70.0. The molecule has 0 fully saturated rings. The number of esters is 2. The van der Waals surface area contributed by atoms with E-state index in [2.05, 4.69) is 184 Å². The number of hydrogen-bond acceptors (Lipinski definition) is 8. The molecule has 0 bridgehead atoms. The molecule has 2 unspecified atom stereocenters. The van der Waals surface area contributed by atoms with Crippen LogP contribution in [0.4, 0.5) is 0 Å². The lowest BCUT2D eigenvalue weighted by Crippen LogP contribution is -2.44. The van der Waals surface area contributed by atoms with E-state index in [1.165, 1.54) is 77.0 Å². The molecular weight excluding hydrogens is 1100 g/mol. The van der Waals surface area contributed by atoms with Crippen molar-refractivity contribution in [2.45, 2.75) is 270 Å². The van der Waals surface area contributed by atoms with Gasteiger partial charge in [-0.25, -0.2) is 0 Å². The standard InChI is InChI=1S/C80H129NO8/c1-6-8-10-12-14-16-18-20-22-24-26-28-30-32-34-35-36-37-38-39-40-41-42-43-45-47-49-51-53-55-57-59-61-63-65-67-69-71-78(83)89-76(75-88-80(79(84)85)86-73-72-81(3,4)5)74-87-77(82)70-68-66-64-62-60-58-56-54-52-50-48-46-44-33-31-29-27-25-23-21-19-17-15-13-11-9-7-2/h8-11,14-17,20-23,26-29,32-34,36-37,39-40,42-44,48,50,76,80H,6-7,12-13,18-19,24-25,30-31,35,38,41,45-47,49,51-75H2,1-5H3/b10-8-,11-9-,16-14-,17-15-,22-20-,23-21-,28-26-,29-27-,34-32-,37-36-,40-39-,43-42-,44-33-,50-48-. The Balaban J connectivity index is 4.18. The summed E-state index contributed by atoms with van der Waals surface area (Å²) in [7, 11) is 5.92. The Morgan fingerprint density at radius 1 is 0.337 bits per heavy atom. The quantitative estimate of drug-likeness (QED) is 0.0195. The molecule has 0 radical (unpaired) electrons. The van der Waals surface area contributed by atoms with Crippen molar-refractivity contribution >= 4 is 17.9 Å². The highest BCUT2D eigenvalue weighted by Gasteiger charge is 2.22. The first-order valence-electron chi connectivity index (χ1n) is 35.3. The number of carboxylic acids is 1. The van der Waals surface area contributed by atoms with Crippen LogP contribution in [0.1, 0.15) is 258 Å². The number of aliphatic carboxylic acids is 1. The van der Waals surface area contributed by atoms with Crippen LogP contribution in [-0.2, 0) is 33.3 Å². The molecule has 0 rings (SSSR count). The largest absolute Gasteiger partial charge is 0.545 e. The van der Waals surface area contributed by atoms with E-state index in [0.717, 1.165) is 148 Å². The summed E-state index contributed by atoms with van der Waals surface area (Å²) in [4.78, 5) is 37.5. The van der Waals surface area contributed by atoms with Gasteiger partial charge in [-0.05, 0) is 128 Å². The van der Waals surface area contributed by atoms with Gasteiger partial charge in [0.1, 0.15) is 13.2 Å². The Morgan fingerprint density at radius 2 is 0.607 bits per heavy atom. The van der Waals surface area contributed by atoms with Gasteiger partial charge in [0.05, 0.1) is 40.3 Å². The number of hydrogen-bond donors (Lipinski definition) is 0. The van der Waals surface area contributed by atoms with Crippen molar-refractivity contribution in [1.29, 1.82) is 0 Å². The minimum absolute atomic E-state index is 0.137. The summed E-state index contributed by atoms with van der Waals surface area (Å²) in [6.07, 6.45) is 99.9. The van der Waals surface area contributed by atoms with Gasteiger partial charge in [-0.3, -0.25) is 9.59 Å². The number of carbonyl (C=O) groups is 3. The van der Waals surface area contributed by atoms with Gasteiger partial charge in [0.15, 0.2) is 12.4 Å². The van der Waals surface area contributed by atoms with E-state index >= 15 is 0 Å².